The van der Waals surface area contributed by atoms with Gasteiger partial charge in [0.25, 0.3) is 5.92 Å². The van der Waals surface area contributed by atoms with Gasteiger partial charge in [-0.15, -0.1) is 0 Å². The van der Waals surface area contributed by atoms with Gasteiger partial charge in [-0.1, -0.05) is 19.2 Å². The van der Waals surface area contributed by atoms with Gasteiger partial charge in [-0.05, 0) is 17.7 Å². The third-order valence-electron chi connectivity index (χ3n) is 3.15. The average Bonchev–Trinajstić information content (AvgIpc) is 2.51. The van der Waals surface area contributed by atoms with E-state index in [0.717, 1.165) is 35.8 Å². The molecule has 9 heteroatoms. The van der Waals surface area contributed by atoms with E-state index < -0.39 is 41.3 Å². The van der Waals surface area contributed by atoms with Crippen LogP contribution in [0.5, 0.6) is 0 Å². The Kier molecular flexibility index (Phi) is 6.66. The summed E-state index contributed by atoms with van der Waals surface area (Å²) in [7, 11) is 0. The van der Waals surface area contributed by atoms with Crippen LogP contribution in [0.15, 0.2) is 53.7 Å². The summed E-state index contributed by atoms with van der Waals surface area (Å²) >= 11 is 0. The van der Waals surface area contributed by atoms with Gasteiger partial charge in [0.1, 0.15) is 23.7 Å². The number of hydrazine groups is 1. The molecule has 0 aliphatic carbocycles. The Labute approximate surface area is 136 Å². The number of benzene rings is 1. The number of rotatable bonds is 8. The van der Waals surface area contributed by atoms with Crippen LogP contribution in [0.2, 0.25) is 0 Å². The van der Waals surface area contributed by atoms with Crippen molar-refractivity contribution in [2.24, 2.45) is 21.8 Å². The van der Waals surface area contributed by atoms with E-state index in [2.05, 4.69) is 23.3 Å². The molecule has 0 aromatic heterocycles. The van der Waals surface area contributed by atoms with Crippen molar-refractivity contribution in [1.29, 1.82) is 0 Å². The van der Waals surface area contributed by atoms with Gasteiger partial charge in [0.15, 0.2) is 0 Å². The molecule has 0 radical (unpaired) electrons. The van der Waals surface area contributed by atoms with E-state index in [-0.39, 0.29) is 0 Å². The maximum atomic E-state index is 14.8. The van der Waals surface area contributed by atoms with Crippen LogP contribution in [0.1, 0.15) is 11.5 Å². The molecule has 0 saturated carbocycles. The molecule has 1 unspecified atom stereocenters. The van der Waals surface area contributed by atoms with E-state index >= 15 is 0 Å². The molecule has 0 aliphatic heterocycles. The smallest absolute Gasteiger partial charge is 0.298 e. The fraction of sp³-hybridized carbons (Fsp3) is 0.200. The molecule has 0 amide bonds. The maximum absolute atomic E-state index is 14.8. The zero-order valence-electron chi connectivity index (χ0n) is 12.7. The number of hydrazone groups is 1. The Balaban J connectivity index is 3.44. The molecule has 1 aromatic carbocycles. The molecule has 0 spiro atoms. The second-order valence-corrected chi connectivity index (χ2v) is 4.70. The molecule has 0 fully saturated rings. The zero-order chi connectivity index (χ0) is 18.3. The third kappa shape index (κ3) is 4.42. The van der Waals surface area contributed by atoms with Crippen LogP contribution >= 0.6 is 0 Å². The fourth-order valence-electron chi connectivity index (χ4n) is 2.09. The molecule has 0 bridgehead atoms. The van der Waals surface area contributed by atoms with Crippen LogP contribution in [-0.2, 0) is 0 Å². The predicted octanol–water partition coefficient (Wildman–Crippen LogP) is 2.53. The Morgan fingerprint density at radius 1 is 1.33 bits per heavy atom. The Hall–Kier alpha value is -2.68. The summed E-state index contributed by atoms with van der Waals surface area (Å²) in [5, 5.41) is 3.87. The summed E-state index contributed by atoms with van der Waals surface area (Å²) < 4.78 is 56.8. The Morgan fingerprint density at radius 2 is 2.00 bits per heavy atom. The van der Waals surface area contributed by atoms with Crippen molar-refractivity contribution in [3.05, 3.63) is 60.8 Å². The van der Waals surface area contributed by atoms with Crippen molar-refractivity contribution in [2.75, 3.05) is 6.54 Å². The molecule has 4 N–H and O–H groups in total. The zero-order valence-corrected chi connectivity index (χ0v) is 12.7. The van der Waals surface area contributed by atoms with Crippen molar-refractivity contribution in [2.45, 2.75) is 11.8 Å². The number of alkyl halides is 2. The topological polar surface area (TPSA) is 80.0 Å². The summed E-state index contributed by atoms with van der Waals surface area (Å²) in [6.45, 7) is 5.95. The summed E-state index contributed by atoms with van der Waals surface area (Å²) in [5.41, 5.74) is -1.18. The standard InChI is InChI=1S/C15H17F4N5/c1-3-14(22-4-2)15(18,19)12(8-24(21)9-23-20)11-6-5-10(16)7-13(11)17/h3-7,9,12H,1-2,8,20-21H2/b22-14?,23-9-. The van der Waals surface area contributed by atoms with E-state index in [1.807, 2.05) is 0 Å². The normalized spacial score (nSPS) is 13.8. The highest BCUT2D eigenvalue weighted by atomic mass is 19.3. The van der Waals surface area contributed by atoms with E-state index in [1.165, 1.54) is 0 Å². The number of hydrogen-bond acceptors (Lipinski definition) is 4. The van der Waals surface area contributed by atoms with Gasteiger partial charge in [0.05, 0.1) is 5.92 Å². The lowest BCUT2D eigenvalue weighted by Gasteiger charge is -2.30. The number of aliphatic imine (C=N–C) groups is 1. The van der Waals surface area contributed by atoms with E-state index in [9.17, 15) is 17.6 Å². The lowest BCUT2D eigenvalue weighted by Crippen LogP contribution is -2.44. The Bertz CT molecular complexity index is 657. The predicted molar refractivity (Wildman–Crippen MR) is 85.4 cm³/mol. The summed E-state index contributed by atoms with van der Waals surface area (Å²) in [6.07, 6.45) is 2.63. The van der Waals surface area contributed by atoms with Gasteiger partial charge in [-0.3, -0.25) is 10.0 Å². The average molecular weight is 343 g/mol. The van der Waals surface area contributed by atoms with Crippen molar-refractivity contribution in [3.8, 4) is 0 Å². The van der Waals surface area contributed by atoms with Gasteiger partial charge in [0.2, 0.25) is 0 Å². The summed E-state index contributed by atoms with van der Waals surface area (Å²) in [6, 6.07) is 2.30. The van der Waals surface area contributed by atoms with Gasteiger partial charge < -0.3 is 5.84 Å². The maximum Gasteiger partial charge on any atom is 0.298 e. The molecule has 5 nitrogen and oxygen atoms in total. The lowest BCUT2D eigenvalue weighted by molar-refractivity contribution is 0.0378. The molecule has 130 valence electrons. The first kappa shape index (κ1) is 19.4. The quantitative estimate of drug-likeness (QED) is 0.250. The number of nitrogens with two attached hydrogens (primary N) is 2. The van der Waals surface area contributed by atoms with Crippen LogP contribution < -0.4 is 11.7 Å². The molecule has 24 heavy (non-hydrogen) atoms. The molecule has 1 rings (SSSR count). The number of hydrogen-bond donors (Lipinski definition) is 2. The van der Waals surface area contributed by atoms with Gasteiger partial charge in [-0.25, -0.2) is 14.6 Å². The third-order valence-corrected chi connectivity index (χ3v) is 3.15. The highest BCUT2D eigenvalue weighted by molar-refractivity contribution is 6.01. The molecule has 1 atom stereocenters. The molecular formula is C15H17F4N5. The summed E-state index contributed by atoms with van der Waals surface area (Å²) in [4.78, 5) is 3.46. The van der Waals surface area contributed by atoms with Crippen LogP contribution in [0.25, 0.3) is 0 Å². The number of halogens is 4. The minimum atomic E-state index is -3.67. The molecule has 0 saturated heterocycles. The highest BCUT2D eigenvalue weighted by Gasteiger charge is 2.46. The monoisotopic (exact) mass is 343 g/mol. The molecular weight excluding hydrogens is 326 g/mol. The lowest BCUT2D eigenvalue weighted by atomic mass is 9.88. The van der Waals surface area contributed by atoms with Crippen molar-refractivity contribution in [3.63, 3.8) is 0 Å². The first-order chi connectivity index (χ1) is 11.3. The van der Waals surface area contributed by atoms with Gasteiger partial charge >= 0.3 is 0 Å². The SMILES string of the molecule is C=CN=C(C=C)C(F)(F)C(CN(N)/C=N\N)c1ccc(F)cc1F. The van der Waals surface area contributed by atoms with Crippen LogP contribution in [0.3, 0.4) is 0 Å². The largest absolute Gasteiger partial charge is 0.322 e. The molecule has 0 heterocycles. The number of nitrogens with zero attached hydrogens (tertiary/aromatic N) is 3. The molecule has 0 aliphatic rings. The van der Waals surface area contributed by atoms with E-state index in [1.54, 1.807) is 0 Å². The van der Waals surface area contributed by atoms with Gasteiger partial charge in [0, 0.05) is 18.8 Å². The van der Waals surface area contributed by atoms with Crippen LogP contribution in [0.4, 0.5) is 17.6 Å². The minimum absolute atomic E-state index is 0.444. The van der Waals surface area contributed by atoms with E-state index in [4.69, 9.17) is 11.7 Å². The van der Waals surface area contributed by atoms with Crippen LogP contribution in [-0.4, -0.2) is 29.5 Å². The second kappa shape index (κ2) is 8.25. The van der Waals surface area contributed by atoms with Crippen molar-refractivity contribution < 1.29 is 17.6 Å². The summed E-state index contributed by atoms with van der Waals surface area (Å²) in [5.74, 6) is 2.91. The first-order valence-corrected chi connectivity index (χ1v) is 6.67. The Morgan fingerprint density at radius 3 is 2.50 bits per heavy atom. The highest BCUT2D eigenvalue weighted by Crippen LogP contribution is 2.37. The van der Waals surface area contributed by atoms with E-state index in [0.29, 0.717) is 6.07 Å². The molecule has 1 aromatic rings. The number of allylic oxidation sites excluding steroid dienone is 1. The second-order valence-electron chi connectivity index (χ2n) is 4.70. The minimum Gasteiger partial charge on any atom is -0.322 e. The van der Waals surface area contributed by atoms with Crippen LogP contribution in [0, 0.1) is 11.6 Å². The van der Waals surface area contributed by atoms with Crippen molar-refractivity contribution in [1.82, 2.24) is 5.01 Å². The fourth-order valence-corrected chi connectivity index (χ4v) is 2.09. The van der Waals surface area contributed by atoms with Crippen molar-refractivity contribution >= 4 is 12.1 Å². The van der Waals surface area contributed by atoms with Gasteiger partial charge in [-0.2, -0.15) is 13.9 Å². The first-order valence-electron chi connectivity index (χ1n) is 6.67.